The van der Waals surface area contributed by atoms with Crippen molar-refractivity contribution in [1.82, 2.24) is 4.98 Å². The molecule has 0 unspecified atom stereocenters. The Bertz CT molecular complexity index is 542. The van der Waals surface area contributed by atoms with Crippen molar-refractivity contribution in [2.75, 3.05) is 12.4 Å². The third kappa shape index (κ3) is 2.75. The van der Waals surface area contributed by atoms with E-state index in [2.05, 4.69) is 10.3 Å². The average molecular weight is 265 g/mol. The summed E-state index contributed by atoms with van der Waals surface area (Å²) in [6, 6.07) is 4.45. The van der Waals surface area contributed by atoms with Gasteiger partial charge < -0.3 is 10.1 Å². The Kier molecular flexibility index (Phi) is 3.73. The van der Waals surface area contributed by atoms with E-state index in [4.69, 9.17) is 4.74 Å². The number of nitrogens with zero attached hydrogens (tertiary/aromatic N) is 2. The smallest absolute Gasteiger partial charge is 0.271 e. The maximum atomic E-state index is 10.7. The van der Waals surface area contributed by atoms with Crippen molar-refractivity contribution in [2.45, 2.75) is 6.54 Å². The van der Waals surface area contributed by atoms with E-state index in [1.54, 1.807) is 17.8 Å². The van der Waals surface area contributed by atoms with Crippen LogP contribution in [0.25, 0.3) is 0 Å². The first-order chi connectivity index (χ1) is 8.70. The van der Waals surface area contributed by atoms with Crippen LogP contribution >= 0.6 is 11.3 Å². The lowest BCUT2D eigenvalue weighted by molar-refractivity contribution is -0.384. The highest BCUT2D eigenvalue weighted by Crippen LogP contribution is 2.29. The van der Waals surface area contributed by atoms with E-state index in [0.717, 1.165) is 4.88 Å². The highest BCUT2D eigenvalue weighted by molar-refractivity contribution is 7.09. The van der Waals surface area contributed by atoms with Crippen molar-refractivity contribution >= 4 is 22.7 Å². The predicted molar refractivity (Wildman–Crippen MR) is 69.1 cm³/mol. The average Bonchev–Trinajstić information content (AvgIpc) is 2.89. The van der Waals surface area contributed by atoms with Crippen LogP contribution in [0.1, 0.15) is 4.88 Å². The Morgan fingerprint density at radius 1 is 1.56 bits per heavy atom. The van der Waals surface area contributed by atoms with Crippen LogP contribution in [0, 0.1) is 10.1 Å². The van der Waals surface area contributed by atoms with Crippen molar-refractivity contribution in [3.63, 3.8) is 0 Å². The zero-order valence-electron chi connectivity index (χ0n) is 9.62. The van der Waals surface area contributed by atoms with Crippen LogP contribution in [0.2, 0.25) is 0 Å². The fraction of sp³-hybridized carbons (Fsp3) is 0.182. The van der Waals surface area contributed by atoms with Gasteiger partial charge in [-0.15, -0.1) is 11.3 Å². The molecule has 0 radical (unpaired) electrons. The normalized spacial score (nSPS) is 10.1. The minimum atomic E-state index is -0.433. The first-order valence-corrected chi connectivity index (χ1v) is 6.02. The lowest BCUT2D eigenvalue weighted by Gasteiger charge is -2.09. The van der Waals surface area contributed by atoms with Crippen molar-refractivity contribution < 1.29 is 9.66 Å². The van der Waals surface area contributed by atoms with Gasteiger partial charge in [-0.1, -0.05) is 0 Å². The molecule has 18 heavy (non-hydrogen) atoms. The summed E-state index contributed by atoms with van der Waals surface area (Å²) in [6.07, 6.45) is 1.75. The third-order valence-electron chi connectivity index (χ3n) is 2.33. The largest absolute Gasteiger partial charge is 0.495 e. The van der Waals surface area contributed by atoms with E-state index in [0.29, 0.717) is 18.0 Å². The van der Waals surface area contributed by atoms with Gasteiger partial charge in [0.05, 0.1) is 29.8 Å². The number of aromatic nitrogens is 1. The summed E-state index contributed by atoms with van der Waals surface area (Å²) >= 11 is 1.52. The highest BCUT2D eigenvalue weighted by Gasteiger charge is 2.11. The molecule has 7 heteroatoms. The lowest BCUT2D eigenvalue weighted by Crippen LogP contribution is -2.01. The molecular weight excluding hydrogens is 254 g/mol. The molecule has 1 aromatic heterocycles. The molecule has 0 amide bonds. The van der Waals surface area contributed by atoms with Gasteiger partial charge >= 0.3 is 0 Å². The highest BCUT2D eigenvalue weighted by atomic mass is 32.1. The molecule has 0 saturated carbocycles. The first-order valence-electron chi connectivity index (χ1n) is 5.14. The Balaban J connectivity index is 2.18. The van der Waals surface area contributed by atoms with Crippen molar-refractivity contribution in [2.24, 2.45) is 0 Å². The van der Waals surface area contributed by atoms with Crippen LogP contribution < -0.4 is 10.1 Å². The molecule has 0 aliphatic heterocycles. The standard InChI is InChI=1S/C11H11N3O3S/c1-17-11-3-2-8(14(15)16)4-10(11)13-6-9-5-12-7-18-9/h2-5,7,13H,6H2,1H3. The molecule has 2 aromatic rings. The number of nitro groups is 1. The van der Waals surface area contributed by atoms with Gasteiger partial charge in [0.2, 0.25) is 0 Å². The molecule has 0 bridgehead atoms. The number of ether oxygens (including phenoxy) is 1. The molecule has 0 saturated heterocycles. The Morgan fingerprint density at radius 3 is 3.00 bits per heavy atom. The van der Waals surface area contributed by atoms with Crippen LogP contribution in [0.15, 0.2) is 29.9 Å². The van der Waals surface area contributed by atoms with Gasteiger partial charge in [-0.2, -0.15) is 0 Å². The summed E-state index contributed by atoms with van der Waals surface area (Å²) < 4.78 is 5.15. The zero-order valence-corrected chi connectivity index (χ0v) is 10.4. The number of benzene rings is 1. The Labute approximate surface area is 107 Å². The Morgan fingerprint density at radius 2 is 2.39 bits per heavy atom. The summed E-state index contributed by atoms with van der Waals surface area (Å²) in [6.45, 7) is 0.558. The van der Waals surface area contributed by atoms with Gasteiger partial charge in [0.15, 0.2) is 0 Å². The molecular formula is C11H11N3O3S. The van der Waals surface area contributed by atoms with Crippen LogP contribution in [-0.2, 0) is 6.54 Å². The summed E-state index contributed by atoms with van der Waals surface area (Å²) in [5, 5.41) is 13.8. The Hall–Kier alpha value is -2.15. The second kappa shape index (κ2) is 5.46. The molecule has 1 aromatic carbocycles. The number of hydrogen-bond acceptors (Lipinski definition) is 6. The fourth-order valence-electron chi connectivity index (χ4n) is 1.46. The number of thiazole rings is 1. The molecule has 2 rings (SSSR count). The van der Waals surface area contributed by atoms with E-state index in [1.807, 2.05) is 0 Å². The zero-order chi connectivity index (χ0) is 13.0. The van der Waals surface area contributed by atoms with E-state index in [1.165, 1.54) is 30.6 Å². The topological polar surface area (TPSA) is 77.3 Å². The van der Waals surface area contributed by atoms with E-state index in [9.17, 15) is 10.1 Å². The molecule has 0 fully saturated rings. The minimum absolute atomic E-state index is 0.0302. The van der Waals surface area contributed by atoms with Gasteiger partial charge in [-0.25, -0.2) is 0 Å². The van der Waals surface area contributed by atoms with Crippen molar-refractivity contribution in [3.8, 4) is 5.75 Å². The van der Waals surface area contributed by atoms with E-state index < -0.39 is 4.92 Å². The van der Waals surface area contributed by atoms with Crippen molar-refractivity contribution in [1.29, 1.82) is 0 Å². The molecule has 0 spiro atoms. The number of methoxy groups -OCH3 is 1. The number of non-ortho nitro benzene ring substituents is 1. The van der Waals surface area contributed by atoms with Crippen LogP contribution in [0.4, 0.5) is 11.4 Å². The fourth-order valence-corrected chi connectivity index (χ4v) is 1.99. The van der Waals surface area contributed by atoms with Gasteiger partial charge in [0.1, 0.15) is 5.75 Å². The molecule has 0 aliphatic rings. The van der Waals surface area contributed by atoms with Gasteiger partial charge in [-0.3, -0.25) is 15.1 Å². The third-order valence-corrected chi connectivity index (χ3v) is 3.11. The van der Waals surface area contributed by atoms with Crippen LogP contribution in [0.3, 0.4) is 0 Å². The number of hydrogen-bond donors (Lipinski definition) is 1. The second-order valence-electron chi connectivity index (χ2n) is 3.46. The maximum absolute atomic E-state index is 10.7. The monoisotopic (exact) mass is 265 g/mol. The van der Waals surface area contributed by atoms with Gasteiger partial charge in [0.25, 0.3) is 5.69 Å². The van der Waals surface area contributed by atoms with Crippen LogP contribution in [0.5, 0.6) is 5.75 Å². The summed E-state index contributed by atoms with van der Waals surface area (Å²) in [4.78, 5) is 15.3. The molecule has 1 N–H and O–H groups in total. The molecule has 6 nitrogen and oxygen atoms in total. The van der Waals surface area contributed by atoms with Gasteiger partial charge in [0, 0.05) is 23.2 Å². The number of anilines is 1. The minimum Gasteiger partial charge on any atom is -0.495 e. The maximum Gasteiger partial charge on any atom is 0.271 e. The SMILES string of the molecule is COc1ccc([N+](=O)[O-])cc1NCc1cncs1. The molecule has 0 aliphatic carbocycles. The summed E-state index contributed by atoms with van der Waals surface area (Å²) in [7, 11) is 1.53. The number of rotatable bonds is 5. The summed E-state index contributed by atoms with van der Waals surface area (Å²) in [5.74, 6) is 0.574. The predicted octanol–water partition coefficient (Wildman–Crippen LogP) is 2.67. The lowest BCUT2D eigenvalue weighted by atomic mass is 10.2. The molecule has 94 valence electrons. The van der Waals surface area contributed by atoms with E-state index >= 15 is 0 Å². The first kappa shape index (κ1) is 12.3. The van der Waals surface area contributed by atoms with E-state index in [-0.39, 0.29) is 5.69 Å². The molecule has 1 heterocycles. The number of nitrogens with one attached hydrogen (secondary N) is 1. The number of nitro benzene ring substituents is 1. The second-order valence-corrected chi connectivity index (χ2v) is 4.43. The van der Waals surface area contributed by atoms with Gasteiger partial charge in [-0.05, 0) is 6.07 Å². The van der Waals surface area contributed by atoms with Crippen LogP contribution in [-0.4, -0.2) is 17.0 Å². The van der Waals surface area contributed by atoms with Crippen molar-refractivity contribution in [3.05, 3.63) is 44.9 Å². The summed E-state index contributed by atoms with van der Waals surface area (Å²) in [5.41, 5.74) is 2.37. The molecule has 0 atom stereocenters. The quantitative estimate of drug-likeness (QED) is 0.664.